The van der Waals surface area contributed by atoms with Gasteiger partial charge < -0.3 is 9.64 Å². The molecule has 0 amide bonds. The molecule has 0 N–H and O–H groups in total. The van der Waals surface area contributed by atoms with Crippen molar-refractivity contribution in [1.82, 2.24) is 9.97 Å². The Labute approximate surface area is 169 Å². The zero-order valence-electron chi connectivity index (χ0n) is 16.0. The van der Waals surface area contributed by atoms with Gasteiger partial charge in [-0.05, 0) is 43.9 Å². The van der Waals surface area contributed by atoms with Gasteiger partial charge in [0.2, 0.25) is 0 Å². The van der Waals surface area contributed by atoms with Crippen molar-refractivity contribution in [2.45, 2.75) is 24.7 Å². The number of piperidine rings is 1. The molecule has 0 radical (unpaired) electrons. The van der Waals surface area contributed by atoms with Crippen LogP contribution in [0.25, 0.3) is 10.2 Å². The summed E-state index contributed by atoms with van der Waals surface area (Å²) in [6.45, 7) is 4.46. The second kappa shape index (κ2) is 7.67. The molecule has 1 aliphatic rings. The molecule has 0 spiro atoms. The molecule has 0 atom stereocenters. The van der Waals surface area contributed by atoms with Gasteiger partial charge in [0.15, 0.2) is 15.0 Å². The second-order valence-corrected chi connectivity index (χ2v) is 10.2. The van der Waals surface area contributed by atoms with Gasteiger partial charge in [0.05, 0.1) is 16.2 Å². The van der Waals surface area contributed by atoms with Gasteiger partial charge in [0, 0.05) is 37.3 Å². The number of sulfone groups is 1. The fraction of sp³-hybridized carbons (Fsp3) is 0.400. The van der Waals surface area contributed by atoms with Crippen LogP contribution in [-0.4, -0.2) is 44.3 Å². The van der Waals surface area contributed by atoms with E-state index in [4.69, 9.17) is 4.74 Å². The molecule has 2 aromatic heterocycles. The van der Waals surface area contributed by atoms with Gasteiger partial charge in [0.1, 0.15) is 11.3 Å². The average molecular weight is 418 g/mol. The Hall–Kier alpha value is -2.19. The van der Waals surface area contributed by atoms with Crippen molar-refractivity contribution in [3.05, 3.63) is 42.2 Å². The summed E-state index contributed by atoms with van der Waals surface area (Å²) >= 11 is 1.56. The molecule has 0 saturated carbocycles. The molecule has 148 valence electrons. The predicted molar refractivity (Wildman–Crippen MR) is 112 cm³/mol. The summed E-state index contributed by atoms with van der Waals surface area (Å²) in [5, 5.41) is 0.898. The van der Waals surface area contributed by atoms with Gasteiger partial charge in [-0.3, -0.25) is 4.98 Å². The Balaban J connectivity index is 1.41. The van der Waals surface area contributed by atoms with Crippen LogP contribution in [-0.2, 0) is 9.84 Å². The summed E-state index contributed by atoms with van der Waals surface area (Å²) in [5.41, 5.74) is 1.54. The lowest BCUT2D eigenvalue weighted by Gasteiger charge is -2.31. The van der Waals surface area contributed by atoms with E-state index >= 15 is 0 Å². The third kappa shape index (κ3) is 4.12. The molecular weight excluding hydrogens is 394 g/mol. The highest BCUT2D eigenvalue weighted by atomic mass is 32.2. The van der Waals surface area contributed by atoms with E-state index in [2.05, 4.69) is 14.9 Å². The van der Waals surface area contributed by atoms with Crippen molar-refractivity contribution in [1.29, 1.82) is 0 Å². The van der Waals surface area contributed by atoms with Gasteiger partial charge in [-0.2, -0.15) is 0 Å². The lowest BCUT2D eigenvalue weighted by molar-refractivity contribution is 0.222. The third-order valence-corrected chi connectivity index (χ3v) is 7.22. The summed E-state index contributed by atoms with van der Waals surface area (Å²) in [5.74, 6) is 1.38. The lowest BCUT2D eigenvalue weighted by Crippen LogP contribution is -2.35. The molecule has 8 heteroatoms. The molecular formula is C20H23N3O3S2. The lowest BCUT2D eigenvalue weighted by atomic mass is 9.98. The van der Waals surface area contributed by atoms with E-state index in [1.54, 1.807) is 29.7 Å². The third-order valence-electron chi connectivity index (χ3n) is 5.01. The largest absolute Gasteiger partial charge is 0.493 e. The molecule has 1 fully saturated rings. The van der Waals surface area contributed by atoms with E-state index < -0.39 is 9.84 Å². The van der Waals surface area contributed by atoms with Gasteiger partial charge in [0.25, 0.3) is 0 Å². The summed E-state index contributed by atoms with van der Waals surface area (Å²) in [6.07, 6.45) is 5.06. The number of hydrogen-bond acceptors (Lipinski definition) is 7. The molecule has 1 aliphatic heterocycles. The van der Waals surface area contributed by atoms with E-state index in [1.807, 2.05) is 25.1 Å². The van der Waals surface area contributed by atoms with Crippen LogP contribution in [0.3, 0.4) is 0 Å². The fourth-order valence-electron chi connectivity index (χ4n) is 3.46. The molecule has 4 rings (SSSR count). The molecule has 6 nitrogen and oxygen atoms in total. The Kier molecular flexibility index (Phi) is 5.25. The van der Waals surface area contributed by atoms with Crippen molar-refractivity contribution >= 4 is 36.5 Å². The zero-order valence-corrected chi connectivity index (χ0v) is 17.6. The maximum Gasteiger partial charge on any atom is 0.186 e. The van der Waals surface area contributed by atoms with Crippen LogP contribution in [0.1, 0.15) is 18.5 Å². The highest BCUT2D eigenvalue weighted by Crippen LogP contribution is 2.34. The first-order valence-electron chi connectivity index (χ1n) is 9.30. The maximum absolute atomic E-state index is 12.0. The summed E-state index contributed by atoms with van der Waals surface area (Å²) < 4.78 is 30.9. The minimum absolute atomic E-state index is 0.309. The summed E-state index contributed by atoms with van der Waals surface area (Å²) in [7, 11) is -3.29. The number of nitrogens with zero attached hydrogens (tertiary/aromatic N) is 3. The number of hydrogen-bond donors (Lipinski definition) is 0. The van der Waals surface area contributed by atoms with Gasteiger partial charge in [-0.1, -0.05) is 17.4 Å². The average Bonchev–Trinajstić information content (AvgIpc) is 3.10. The Morgan fingerprint density at radius 3 is 2.75 bits per heavy atom. The van der Waals surface area contributed by atoms with Crippen LogP contribution in [0.4, 0.5) is 5.13 Å². The quantitative estimate of drug-likeness (QED) is 0.630. The molecule has 28 heavy (non-hydrogen) atoms. The van der Waals surface area contributed by atoms with Crippen molar-refractivity contribution < 1.29 is 13.2 Å². The van der Waals surface area contributed by atoms with Crippen LogP contribution < -0.4 is 9.64 Å². The molecule has 0 aliphatic carbocycles. The van der Waals surface area contributed by atoms with Gasteiger partial charge in [-0.15, -0.1) is 0 Å². The van der Waals surface area contributed by atoms with Gasteiger partial charge >= 0.3 is 0 Å². The van der Waals surface area contributed by atoms with Gasteiger partial charge in [-0.25, -0.2) is 13.4 Å². The number of thiazole rings is 1. The van der Waals surface area contributed by atoms with E-state index in [0.717, 1.165) is 47.2 Å². The minimum atomic E-state index is -3.29. The highest BCUT2D eigenvalue weighted by molar-refractivity contribution is 7.91. The first-order chi connectivity index (χ1) is 13.4. The van der Waals surface area contributed by atoms with Crippen LogP contribution in [0, 0.1) is 12.8 Å². The normalized spacial score (nSPS) is 15.9. The Morgan fingerprint density at radius 2 is 2.04 bits per heavy atom. The standard InChI is InChI=1S/C20H23N3O3S2/c1-14-12-16(6-9-21-14)26-13-15-7-10-23(11-8-15)20-22-19-17(27-20)4-3-5-18(19)28(2,24)25/h3-6,9,12,15H,7-8,10-11,13H2,1-2H3. The first kappa shape index (κ1) is 19.1. The number of benzene rings is 1. The van der Waals surface area contributed by atoms with E-state index in [-0.39, 0.29) is 0 Å². The van der Waals surface area contributed by atoms with E-state index in [1.165, 1.54) is 6.26 Å². The number of aryl methyl sites for hydroxylation is 1. The molecule has 0 bridgehead atoms. The van der Waals surface area contributed by atoms with Crippen molar-refractivity contribution in [2.24, 2.45) is 5.92 Å². The summed E-state index contributed by atoms with van der Waals surface area (Å²) in [6, 6.07) is 9.19. The Morgan fingerprint density at radius 1 is 1.25 bits per heavy atom. The van der Waals surface area contributed by atoms with E-state index in [0.29, 0.717) is 22.9 Å². The van der Waals surface area contributed by atoms with Crippen LogP contribution >= 0.6 is 11.3 Å². The zero-order chi connectivity index (χ0) is 19.7. The number of rotatable bonds is 5. The number of pyridine rings is 1. The van der Waals surface area contributed by atoms with E-state index in [9.17, 15) is 8.42 Å². The monoisotopic (exact) mass is 417 g/mol. The SMILES string of the molecule is Cc1cc(OCC2CCN(c3nc4c(S(C)(=O)=O)cccc4s3)CC2)ccn1. The predicted octanol–water partition coefficient (Wildman–Crippen LogP) is 3.70. The second-order valence-electron chi connectivity index (χ2n) is 7.25. The molecule has 3 aromatic rings. The van der Waals surface area contributed by atoms with Crippen LogP contribution in [0.2, 0.25) is 0 Å². The molecule has 1 aromatic carbocycles. The molecule has 0 unspecified atom stereocenters. The fourth-order valence-corrected chi connectivity index (χ4v) is 5.40. The van der Waals surface area contributed by atoms with Crippen LogP contribution in [0.15, 0.2) is 41.4 Å². The van der Waals surface area contributed by atoms with Crippen molar-refractivity contribution in [3.8, 4) is 5.75 Å². The number of aromatic nitrogens is 2. The van der Waals surface area contributed by atoms with Crippen molar-refractivity contribution in [2.75, 3.05) is 30.9 Å². The van der Waals surface area contributed by atoms with Crippen LogP contribution in [0.5, 0.6) is 5.75 Å². The Bertz CT molecular complexity index is 1090. The highest BCUT2D eigenvalue weighted by Gasteiger charge is 2.23. The molecule has 1 saturated heterocycles. The minimum Gasteiger partial charge on any atom is -0.493 e. The maximum atomic E-state index is 12.0. The number of fused-ring (bicyclic) bond motifs is 1. The number of para-hydroxylation sites is 1. The summed E-state index contributed by atoms with van der Waals surface area (Å²) in [4.78, 5) is 11.4. The first-order valence-corrected chi connectivity index (χ1v) is 12.0. The topological polar surface area (TPSA) is 72.4 Å². The number of ether oxygens (including phenoxy) is 1. The number of anilines is 1. The smallest absolute Gasteiger partial charge is 0.186 e. The van der Waals surface area contributed by atoms with Crippen molar-refractivity contribution in [3.63, 3.8) is 0 Å². The molecule has 3 heterocycles.